The van der Waals surface area contributed by atoms with Gasteiger partial charge in [0.2, 0.25) is 0 Å². The van der Waals surface area contributed by atoms with Gasteiger partial charge in [0.05, 0.1) is 18.3 Å². The fourth-order valence-corrected chi connectivity index (χ4v) is 1.75. The Morgan fingerprint density at radius 2 is 1.89 bits per heavy atom. The van der Waals surface area contributed by atoms with Crippen LogP contribution in [0.15, 0.2) is 24.3 Å². The third-order valence-electron chi connectivity index (χ3n) is 2.71. The van der Waals surface area contributed by atoms with Gasteiger partial charge in [-0.1, -0.05) is 12.1 Å². The Labute approximate surface area is 102 Å². The summed E-state index contributed by atoms with van der Waals surface area (Å²) in [6.45, 7) is 0.333. The van der Waals surface area contributed by atoms with Gasteiger partial charge in [-0.05, 0) is 18.6 Å². The second kappa shape index (κ2) is 5.26. The van der Waals surface area contributed by atoms with E-state index < -0.39 is 18.0 Å². The molecule has 2 atom stereocenters. The molecule has 1 aromatic rings. The van der Waals surface area contributed by atoms with Crippen molar-refractivity contribution >= 4 is 0 Å². The van der Waals surface area contributed by atoms with E-state index in [4.69, 9.17) is 14.6 Å². The van der Waals surface area contributed by atoms with Gasteiger partial charge in [0, 0.05) is 12.2 Å². The fourth-order valence-electron chi connectivity index (χ4n) is 1.75. The smallest absolute Gasteiger partial charge is 0.396 e. The minimum atomic E-state index is -4.34. The van der Waals surface area contributed by atoms with Crippen LogP contribution in [-0.4, -0.2) is 24.4 Å². The van der Waals surface area contributed by atoms with Gasteiger partial charge < -0.3 is 14.6 Å². The maximum atomic E-state index is 12.4. The predicted octanol–water partition coefficient (Wildman–Crippen LogP) is 2.50. The minimum Gasteiger partial charge on any atom is -0.396 e. The lowest BCUT2D eigenvalue weighted by molar-refractivity contribution is -0.137. The second-order valence-corrected chi connectivity index (χ2v) is 4.06. The lowest BCUT2D eigenvalue weighted by atomic mass is 10.1. The van der Waals surface area contributed by atoms with E-state index in [1.54, 1.807) is 0 Å². The zero-order chi connectivity index (χ0) is 13.2. The molecule has 1 N–H and O–H groups in total. The highest BCUT2D eigenvalue weighted by Crippen LogP contribution is 2.32. The van der Waals surface area contributed by atoms with Crippen molar-refractivity contribution in [2.24, 2.45) is 0 Å². The van der Waals surface area contributed by atoms with Crippen LogP contribution in [0.2, 0.25) is 0 Å². The normalized spacial score (nSPS) is 24.4. The van der Waals surface area contributed by atoms with E-state index in [0.29, 0.717) is 18.6 Å². The molecule has 2 rings (SSSR count). The van der Waals surface area contributed by atoms with Crippen LogP contribution in [0.25, 0.3) is 0 Å². The van der Waals surface area contributed by atoms with Crippen LogP contribution in [0.3, 0.4) is 0 Å². The first-order valence-corrected chi connectivity index (χ1v) is 5.56. The SMILES string of the molecule is OCCC1COC(c2ccc(C(F)(F)F)cc2)O1. The average molecular weight is 262 g/mol. The van der Waals surface area contributed by atoms with Crippen LogP contribution < -0.4 is 0 Å². The van der Waals surface area contributed by atoms with Crippen molar-refractivity contribution in [1.29, 1.82) is 0 Å². The van der Waals surface area contributed by atoms with Crippen LogP contribution in [0.4, 0.5) is 13.2 Å². The number of aliphatic hydroxyl groups is 1. The van der Waals surface area contributed by atoms with Crippen molar-refractivity contribution in [3.8, 4) is 0 Å². The molecule has 1 heterocycles. The molecule has 0 saturated carbocycles. The number of alkyl halides is 3. The third kappa shape index (κ3) is 3.01. The Morgan fingerprint density at radius 1 is 1.22 bits per heavy atom. The molecule has 18 heavy (non-hydrogen) atoms. The van der Waals surface area contributed by atoms with E-state index in [-0.39, 0.29) is 12.7 Å². The molecule has 1 aliphatic heterocycles. The Bertz CT molecular complexity index is 389. The number of halogens is 3. The molecule has 100 valence electrons. The summed E-state index contributed by atoms with van der Waals surface area (Å²) in [4.78, 5) is 0. The summed E-state index contributed by atoms with van der Waals surface area (Å²) in [5, 5.41) is 8.75. The monoisotopic (exact) mass is 262 g/mol. The lowest BCUT2D eigenvalue weighted by Gasteiger charge is -2.12. The van der Waals surface area contributed by atoms with Crippen molar-refractivity contribution in [2.45, 2.75) is 25.0 Å². The molecule has 0 aromatic heterocycles. The number of benzene rings is 1. The zero-order valence-electron chi connectivity index (χ0n) is 9.48. The molecule has 2 unspecified atom stereocenters. The number of ether oxygens (including phenoxy) is 2. The van der Waals surface area contributed by atoms with Crippen LogP contribution >= 0.6 is 0 Å². The highest BCUT2D eigenvalue weighted by atomic mass is 19.4. The number of hydrogen-bond acceptors (Lipinski definition) is 3. The van der Waals surface area contributed by atoms with Gasteiger partial charge in [0.25, 0.3) is 0 Å². The summed E-state index contributed by atoms with van der Waals surface area (Å²) in [6.07, 6.45) is -4.74. The molecule has 6 heteroatoms. The molecule has 0 amide bonds. The molecule has 0 aliphatic carbocycles. The molecule has 0 radical (unpaired) electrons. The van der Waals surface area contributed by atoms with Gasteiger partial charge in [-0.15, -0.1) is 0 Å². The Kier molecular flexibility index (Phi) is 3.89. The summed E-state index contributed by atoms with van der Waals surface area (Å²) < 4.78 is 47.9. The Morgan fingerprint density at radius 3 is 2.44 bits per heavy atom. The highest BCUT2D eigenvalue weighted by Gasteiger charge is 2.31. The van der Waals surface area contributed by atoms with Crippen LogP contribution in [0, 0.1) is 0 Å². The van der Waals surface area contributed by atoms with E-state index in [9.17, 15) is 13.2 Å². The van der Waals surface area contributed by atoms with Crippen molar-refractivity contribution in [1.82, 2.24) is 0 Å². The largest absolute Gasteiger partial charge is 0.416 e. The molecule has 0 spiro atoms. The van der Waals surface area contributed by atoms with Gasteiger partial charge in [0.1, 0.15) is 0 Å². The summed E-state index contributed by atoms with van der Waals surface area (Å²) in [7, 11) is 0. The molecule has 3 nitrogen and oxygen atoms in total. The van der Waals surface area contributed by atoms with Crippen molar-refractivity contribution in [3.63, 3.8) is 0 Å². The number of aliphatic hydroxyl groups excluding tert-OH is 1. The second-order valence-electron chi connectivity index (χ2n) is 4.06. The molecular formula is C12H13F3O3. The van der Waals surface area contributed by atoms with Gasteiger partial charge in [0.15, 0.2) is 6.29 Å². The molecule has 1 fully saturated rings. The van der Waals surface area contributed by atoms with Crippen LogP contribution in [0.1, 0.15) is 23.8 Å². The summed E-state index contributed by atoms with van der Waals surface area (Å²) in [5.41, 5.74) is -0.153. The summed E-state index contributed by atoms with van der Waals surface area (Å²) in [5.74, 6) is 0. The summed E-state index contributed by atoms with van der Waals surface area (Å²) >= 11 is 0. The maximum absolute atomic E-state index is 12.4. The molecular weight excluding hydrogens is 249 g/mol. The van der Waals surface area contributed by atoms with E-state index in [1.807, 2.05) is 0 Å². The third-order valence-corrected chi connectivity index (χ3v) is 2.71. The average Bonchev–Trinajstić information content (AvgIpc) is 2.77. The molecule has 1 aliphatic rings. The van der Waals surface area contributed by atoms with Crippen molar-refractivity contribution in [2.75, 3.05) is 13.2 Å². The topological polar surface area (TPSA) is 38.7 Å². The first-order chi connectivity index (χ1) is 8.50. The predicted molar refractivity (Wildman–Crippen MR) is 56.7 cm³/mol. The van der Waals surface area contributed by atoms with E-state index in [2.05, 4.69) is 0 Å². The minimum absolute atomic E-state index is 0.00619. The maximum Gasteiger partial charge on any atom is 0.416 e. The van der Waals surface area contributed by atoms with Crippen molar-refractivity contribution in [3.05, 3.63) is 35.4 Å². The molecule has 1 saturated heterocycles. The molecule has 0 bridgehead atoms. The number of hydrogen-bond donors (Lipinski definition) is 1. The van der Waals surface area contributed by atoms with Gasteiger partial charge >= 0.3 is 6.18 Å². The Hall–Kier alpha value is -1.11. The van der Waals surface area contributed by atoms with Crippen LogP contribution in [0.5, 0.6) is 0 Å². The van der Waals surface area contributed by atoms with Gasteiger partial charge in [-0.25, -0.2) is 0 Å². The number of rotatable bonds is 3. The van der Waals surface area contributed by atoms with Crippen LogP contribution in [-0.2, 0) is 15.7 Å². The molecule has 1 aromatic carbocycles. The zero-order valence-corrected chi connectivity index (χ0v) is 9.48. The van der Waals surface area contributed by atoms with E-state index in [1.165, 1.54) is 12.1 Å². The standard InChI is InChI=1S/C12H13F3O3/c13-12(14,15)9-3-1-8(2-4-9)11-17-7-10(18-11)5-6-16/h1-4,10-11,16H,5-7H2. The van der Waals surface area contributed by atoms with Crippen molar-refractivity contribution < 1.29 is 27.8 Å². The summed E-state index contributed by atoms with van der Waals surface area (Å²) in [6, 6.07) is 4.69. The fraction of sp³-hybridized carbons (Fsp3) is 0.500. The lowest BCUT2D eigenvalue weighted by Crippen LogP contribution is -2.11. The first kappa shape index (κ1) is 13.3. The van der Waals surface area contributed by atoms with E-state index >= 15 is 0 Å². The highest BCUT2D eigenvalue weighted by molar-refractivity contribution is 5.25. The first-order valence-electron chi connectivity index (χ1n) is 5.56. The Balaban J connectivity index is 2.03. The quantitative estimate of drug-likeness (QED) is 0.909. The van der Waals surface area contributed by atoms with Gasteiger partial charge in [-0.2, -0.15) is 13.2 Å². The van der Waals surface area contributed by atoms with Gasteiger partial charge in [-0.3, -0.25) is 0 Å². The van der Waals surface area contributed by atoms with E-state index in [0.717, 1.165) is 12.1 Å².